The van der Waals surface area contributed by atoms with Gasteiger partial charge in [-0.3, -0.25) is 15.5 Å². The molecule has 0 atom stereocenters. The molecule has 0 radical (unpaired) electrons. The summed E-state index contributed by atoms with van der Waals surface area (Å²) in [6, 6.07) is 6.00. The molecule has 6 heteroatoms. The Morgan fingerprint density at radius 3 is 2.29 bits per heavy atom. The van der Waals surface area contributed by atoms with Gasteiger partial charge in [-0.05, 0) is 5.56 Å². The van der Waals surface area contributed by atoms with Crippen molar-refractivity contribution in [3.05, 3.63) is 39.9 Å². The molecule has 1 aromatic rings. The summed E-state index contributed by atoms with van der Waals surface area (Å²) in [4.78, 5) is 9.81. The van der Waals surface area contributed by atoms with Crippen LogP contribution in [0.2, 0.25) is 0 Å². The van der Waals surface area contributed by atoms with Crippen LogP contribution in [0, 0.1) is 15.5 Å². The number of rotatable bonds is 3. The maximum atomic E-state index is 10.3. The molecule has 0 spiro atoms. The minimum atomic E-state index is -0.461. The Bertz CT molecular complexity index is 337. The summed E-state index contributed by atoms with van der Waals surface area (Å²) in [5.74, 6) is 0.0499. The standard InChI is InChI=1S/C8H9N3O2.ClH/c9-8(10)5-6-1-3-7(4-2-6)11(12)13;/h1-4H,5H2,(H3,9,10);1H/i6+1;. The van der Waals surface area contributed by atoms with E-state index >= 15 is 0 Å². The highest BCUT2D eigenvalue weighted by Crippen LogP contribution is 2.11. The fourth-order valence-corrected chi connectivity index (χ4v) is 0.955. The summed E-state index contributed by atoms with van der Waals surface area (Å²) in [7, 11) is 0. The first-order valence-electron chi connectivity index (χ1n) is 3.66. The first-order chi connectivity index (χ1) is 6.09. The van der Waals surface area contributed by atoms with Gasteiger partial charge in [0, 0.05) is 18.6 Å². The van der Waals surface area contributed by atoms with Crippen LogP contribution in [0.1, 0.15) is 5.56 Å². The lowest BCUT2D eigenvalue weighted by Gasteiger charge is -1.97. The number of amidine groups is 1. The van der Waals surface area contributed by atoms with Crippen LogP contribution >= 0.6 is 12.4 Å². The third-order valence-electron chi connectivity index (χ3n) is 1.54. The normalized spacial score (nSPS) is 8.86. The molecule has 1 rings (SSSR count). The maximum Gasteiger partial charge on any atom is 0.269 e. The van der Waals surface area contributed by atoms with Crippen molar-refractivity contribution in [2.24, 2.45) is 5.73 Å². The van der Waals surface area contributed by atoms with Gasteiger partial charge in [0.25, 0.3) is 5.69 Å². The number of nitrogens with zero attached hydrogens (tertiary/aromatic N) is 1. The number of nitrogens with one attached hydrogen (secondary N) is 1. The Balaban J connectivity index is 0.00000169. The second-order valence-corrected chi connectivity index (χ2v) is 2.63. The smallest absolute Gasteiger partial charge is 0.269 e. The number of nitro groups is 1. The maximum absolute atomic E-state index is 10.3. The molecule has 0 aliphatic carbocycles. The molecule has 5 nitrogen and oxygen atoms in total. The van der Waals surface area contributed by atoms with Gasteiger partial charge in [0.15, 0.2) is 0 Å². The van der Waals surface area contributed by atoms with Gasteiger partial charge >= 0.3 is 0 Å². The molecule has 0 aliphatic heterocycles. The van der Waals surface area contributed by atoms with Crippen LogP contribution in [0.3, 0.4) is 0 Å². The van der Waals surface area contributed by atoms with E-state index in [0.717, 1.165) is 5.56 Å². The SMILES string of the molecule is Cl.N=C(N)C[13c]1ccc([N+](=O)[O-])cc1. The molecule has 0 saturated carbocycles. The van der Waals surface area contributed by atoms with Crippen LogP contribution in [0.5, 0.6) is 0 Å². The molecular weight excluding hydrogens is 207 g/mol. The molecule has 0 fully saturated rings. The summed E-state index contributed by atoms with van der Waals surface area (Å²) in [6.07, 6.45) is 0.331. The fraction of sp³-hybridized carbons (Fsp3) is 0.125. The van der Waals surface area contributed by atoms with Crippen molar-refractivity contribution in [3.8, 4) is 0 Å². The Morgan fingerprint density at radius 2 is 1.93 bits per heavy atom. The van der Waals surface area contributed by atoms with E-state index in [1.54, 1.807) is 12.1 Å². The van der Waals surface area contributed by atoms with Crippen molar-refractivity contribution < 1.29 is 4.92 Å². The highest BCUT2D eigenvalue weighted by atomic mass is 35.5. The lowest BCUT2D eigenvalue weighted by molar-refractivity contribution is -0.384. The molecule has 0 saturated heterocycles. The molecule has 0 unspecified atom stereocenters. The van der Waals surface area contributed by atoms with E-state index in [2.05, 4.69) is 0 Å². The molecule has 0 aromatic heterocycles. The summed E-state index contributed by atoms with van der Waals surface area (Å²) in [5.41, 5.74) is 6.02. The van der Waals surface area contributed by atoms with Crippen LogP contribution < -0.4 is 5.73 Å². The number of benzene rings is 1. The number of halogens is 1. The molecule has 76 valence electrons. The highest BCUT2D eigenvalue weighted by Gasteiger charge is 2.03. The van der Waals surface area contributed by atoms with Gasteiger partial charge in [0.05, 0.1) is 10.8 Å². The quantitative estimate of drug-likeness (QED) is 0.347. The summed E-state index contributed by atoms with van der Waals surface area (Å²) >= 11 is 0. The predicted octanol–water partition coefficient (Wildman–Crippen LogP) is 1.50. The molecular formula is C8H10ClN3O2. The number of nitrogens with two attached hydrogens (primary N) is 1. The topological polar surface area (TPSA) is 93.0 Å². The van der Waals surface area contributed by atoms with Gasteiger partial charge in [0.2, 0.25) is 0 Å². The molecule has 3 N–H and O–H groups in total. The van der Waals surface area contributed by atoms with Crippen molar-refractivity contribution in [2.75, 3.05) is 0 Å². The van der Waals surface area contributed by atoms with Gasteiger partial charge in [0.1, 0.15) is 0 Å². The molecule has 0 amide bonds. The van der Waals surface area contributed by atoms with Crippen molar-refractivity contribution in [2.45, 2.75) is 6.42 Å². The summed E-state index contributed by atoms with van der Waals surface area (Å²) < 4.78 is 0. The molecule has 0 bridgehead atoms. The average molecular weight is 217 g/mol. The lowest BCUT2D eigenvalue weighted by Crippen LogP contribution is -2.12. The van der Waals surface area contributed by atoms with Crippen LogP contribution in [0.25, 0.3) is 0 Å². The van der Waals surface area contributed by atoms with E-state index in [-0.39, 0.29) is 23.9 Å². The zero-order chi connectivity index (χ0) is 9.84. The van der Waals surface area contributed by atoms with E-state index in [4.69, 9.17) is 11.1 Å². The Hall–Kier alpha value is -1.62. The van der Waals surface area contributed by atoms with E-state index < -0.39 is 4.92 Å². The highest BCUT2D eigenvalue weighted by molar-refractivity contribution is 5.85. The molecule has 14 heavy (non-hydrogen) atoms. The third-order valence-corrected chi connectivity index (χ3v) is 1.54. The molecule has 0 aliphatic rings. The van der Waals surface area contributed by atoms with Crippen molar-refractivity contribution in [1.82, 2.24) is 0 Å². The monoisotopic (exact) mass is 216 g/mol. The first-order valence-corrected chi connectivity index (χ1v) is 3.66. The third kappa shape index (κ3) is 3.40. The Labute approximate surface area is 87.0 Å². The number of hydrogen-bond acceptors (Lipinski definition) is 3. The second kappa shape index (κ2) is 5.18. The van der Waals surface area contributed by atoms with Gasteiger partial charge in [-0.15, -0.1) is 12.4 Å². The molecule has 1 aromatic carbocycles. The Kier molecular flexibility index (Phi) is 4.58. The van der Waals surface area contributed by atoms with Gasteiger partial charge in [-0.1, -0.05) is 12.1 Å². The van der Waals surface area contributed by atoms with Gasteiger partial charge < -0.3 is 5.73 Å². The van der Waals surface area contributed by atoms with Crippen LogP contribution in [0.4, 0.5) is 5.69 Å². The van der Waals surface area contributed by atoms with Crippen molar-refractivity contribution >= 4 is 23.9 Å². The average Bonchev–Trinajstić information content (AvgIpc) is 2.04. The van der Waals surface area contributed by atoms with E-state index in [1.807, 2.05) is 0 Å². The minimum absolute atomic E-state index is 0. The fourth-order valence-electron chi connectivity index (χ4n) is 0.955. The van der Waals surface area contributed by atoms with Crippen molar-refractivity contribution in [3.63, 3.8) is 0 Å². The van der Waals surface area contributed by atoms with Crippen LogP contribution in [-0.2, 0) is 6.42 Å². The van der Waals surface area contributed by atoms with Crippen LogP contribution in [-0.4, -0.2) is 10.8 Å². The van der Waals surface area contributed by atoms with Gasteiger partial charge in [-0.2, -0.15) is 0 Å². The Morgan fingerprint density at radius 1 is 1.43 bits per heavy atom. The zero-order valence-electron chi connectivity index (χ0n) is 7.27. The lowest BCUT2D eigenvalue weighted by atomic mass is 10.3. The predicted molar refractivity (Wildman–Crippen MR) is 56.0 cm³/mol. The minimum Gasteiger partial charge on any atom is -0.387 e. The largest absolute Gasteiger partial charge is 0.387 e. The second-order valence-electron chi connectivity index (χ2n) is 2.63. The number of non-ortho nitro benzene ring substituents is 1. The first kappa shape index (κ1) is 12.4. The van der Waals surface area contributed by atoms with E-state index in [9.17, 15) is 10.1 Å². The zero-order valence-corrected chi connectivity index (χ0v) is 8.08. The summed E-state index contributed by atoms with van der Waals surface area (Å²) in [6.45, 7) is 0. The summed E-state index contributed by atoms with van der Waals surface area (Å²) in [5, 5.41) is 17.3. The molecule has 0 heterocycles. The van der Waals surface area contributed by atoms with Gasteiger partial charge in [-0.25, -0.2) is 0 Å². The van der Waals surface area contributed by atoms with E-state index in [1.165, 1.54) is 12.1 Å². The van der Waals surface area contributed by atoms with Crippen LogP contribution in [0.15, 0.2) is 24.3 Å². The van der Waals surface area contributed by atoms with Crippen molar-refractivity contribution in [1.29, 1.82) is 5.41 Å². The number of nitro benzene ring substituents is 1. The number of hydrogen-bond donors (Lipinski definition) is 2. The van der Waals surface area contributed by atoms with E-state index in [0.29, 0.717) is 6.42 Å².